The summed E-state index contributed by atoms with van der Waals surface area (Å²) in [5.74, 6) is 0.736. The molecule has 7 nitrogen and oxygen atoms in total. The van der Waals surface area contributed by atoms with E-state index in [0.717, 1.165) is 23.3 Å². The molecular formula is C10H13BrN6OS. The molecule has 2 aromatic heterocycles. The van der Waals surface area contributed by atoms with Gasteiger partial charge in [-0.05, 0) is 34.1 Å². The highest BCUT2D eigenvalue weighted by molar-refractivity contribution is 9.10. The lowest BCUT2D eigenvalue weighted by atomic mass is 10.4. The van der Waals surface area contributed by atoms with Crippen LogP contribution in [0.1, 0.15) is 13.3 Å². The molecule has 2 rings (SSSR count). The van der Waals surface area contributed by atoms with Gasteiger partial charge in [0, 0.05) is 13.6 Å². The number of aromatic amines is 1. The number of hydrogen-bond acceptors (Lipinski definition) is 6. The highest BCUT2D eigenvalue weighted by Gasteiger charge is 2.13. The van der Waals surface area contributed by atoms with Crippen LogP contribution in [0.15, 0.2) is 25.8 Å². The average molecular weight is 345 g/mol. The van der Waals surface area contributed by atoms with Crippen LogP contribution in [0.5, 0.6) is 0 Å². The topological polar surface area (TPSA) is 88.5 Å². The molecule has 0 saturated carbocycles. The van der Waals surface area contributed by atoms with Gasteiger partial charge in [-0.2, -0.15) is 0 Å². The van der Waals surface area contributed by atoms with Gasteiger partial charge in [-0.15, -0.1) is 5.10 Å². The van der Waals surface area contributed by atoms with E-state index < -0.39 is 0 Å². The number of hydrogen-bond donors (Lipinski definition) is 2. The molecule has 0 spiro atoms. The van der Waals surface area contributed by atoms with Crippen LogP contribution in [0.4, 0.5) is 5.82 Å². The van der Waals surface area contributed by atoms with Gasteiger partial charge < -0.3 is 5.32 Å². The molecule has 0 unspecified atom stereocenters. The van der Waals surface area contributed by atoms with Crippen LogP contribution in [0.2, 0.25) is 0 Å². The number of nitrogens with zero attached hydrogens (tertiary/aromatic N) is 4. The molecular weight excluding hydrogens is 332 g/mol. The van der Waals surface area contributed by atoms with Crippen molar-refractivity contribution in [1.29, 1.82) is 0 Å². The molecule has 0 fully saturated rings. The third-order valence-corrected chi connectivity index (χ3v) is 4.39. The van der Waals surface area contributed by atoms with Crippen LogP contribution >= 0.6 is 27.7 Å². The molecule has 0 amide bonds. The van der Waals surface area contributed by atoms with E-state index in [9.17, 15) is 4.79 Å². The molecule has 0 aliphatic carbocycles. The van der Waals surface area contributed by atoms with E-state index in [0.29, 0.717) is 10.2 Å². The Hall–Kier alpha value is -1.35. The van der Waals surface area contributed by atoms with Crippen LogP contribution in [0.25, 0.3) is 0 Å². The van der Waals surface area contributed by atoms with E-state index >= 15 is 0 Å². The van der Waals surface area contributed by atoms with E-state index in [1.54, 1.807) is 7.05 Å². The van der Waals surface area contributed by atoms with Crippen LogP contribution in [0.3, 0.4) is 0 Å². The standard InChI is InChI=1S/C10H13BrN6OS/c1-3-4-12-7-6(11)8(14-5-13-7)19-10-16-15-9(18)17(10)2/h5H,3-4H2,1-2H3,(H,15,18)(H,12,13,14). The van der Waals surface area contributed by atoms with Gasteiger partial charge in [-0.1, -0.05) is 6.92 Å². The van der Waals surface area contributed by atoms with Gasteiger partial charge >= 0.3 is 5.69 Å². The third kappa shape index (κ3) is 3.16. The maximum Gasteiger partial charge on any atom is 0.343 e. The van der Waals surface area contributed by atoms with Gasteiger partial charge in [0.25, 0.3) is 0 Å². The van der Waals surface area contributed by atoms with Crippen molar-refractivity contribution in [1.82, 2.24) is 24.7 Å². The fraction of sp³-hybridized carbons (Fsp3) is 0.400. The zero-order valence-corrected chi connectivity index (χ0v) is 12.9. The minimum Gasteiger partial charge on any atom is -0.369 e. The van der Waals surface area contributed by atoms with Gasteiger partial charge in [0.05, 0.1) is 4.47 Å². The first-order chi connectivity index (χ1) is 9.13. The Bertz CT molecular complexity index is 625. The summed E-state index contributed by atoms with van der Waals surface area (Å²) in [7, 11) is 1.65. The molecule has 0 saturated heterocycles. The molecule has 19 heavy (non-hydrogen) atoms. The Morgan fingerprint density at radius 1 is 1.53 bits per heavy atom. The normalized spacial score (nSPS) is 10.7. The maximum absolute atomic E-state index is 11.3. The first-order valence-electron chi connectivity index (χ1n) is 5.67. The Labute approximate surface area is 122 Å². The average Bonchev–Trinajstić information content (AvgIpc) is 2.72. The summed E-state index contributed by atoms with van der Waals surface area (Å²) in [4.78, 5) is 19.7. The second-order valence-electron chi connectivity index (χ2n) is 3.74. The Kier molecular flexibility index (Phi) is 4.59. The predicted molar refractivity (Wildman–Crippen MR) is 76.5 cm³/mol. The van der Waals surface area contributed by atoms with Gasteiger partial charge in [0.15, 0.2) is 5.16 Å². The van der Waals surface area contributed by atoms with E-state index in [-0.39, 0.29) is 5.69 Å². The van der Waals surface area contributed by atoms with Crippen LogP contribution < -0.4 is 11.0 Å². The number of halogens is 1. The second-order valence-corrected chi connectivity index (χ2v) is 5.49. The fourth-order valence-electron chi connectivity index (χ4n) is 1.30. The maximum atomic E-state index is 11.3. The highest BCUT2D eigenvalue weighted by atomic mass is 79.9. The SMILES string of the molecule is CCCNc1ncnc(Sc2n[nH]c(=O)n2C)c1Br. The predicted octanol–water partition coefficient (Wildman–Crippen LogP) is 1.63. The van der Waals surface area contributed by atoms with Crippen molar-refractivity contribution < 1.29 is 0 Å². The van der Waals surface area contributed by atoms with Crippen LogP contribution in [-0.4, -0.2) is 31.3 Å². The molecule has 9 heteroatoms. The van der Waals surface area contributed by atoms with E-state index in [2.05, 4.69) is 48.3 Å². The minimum absolute atomic E-state index is 0.253. The largest absolute Gasteiger partial charge is 0.369 e. The van der Waals surface area contributed by atoms with E-state index in [1.807, 2.05) is 0 Å². The number of aromatic nitrogens is 5. The number of anilines is 1. The van der Waals surface area contributed by atoms with Gasteiger partial charge in [-0.3, -0.25) is 4.57 Å². The first-order valence-corrected chi connectivity index (χ1v) is 7.28. The van der Waals surface area contributed by atoms with Gasteiger partial charge in [0.2, 0.25) is 0 Å². The molecule has 0 atom stereocenters. The molecule has 0 bridgehead atoms. The second kappa shape index (κ2) is 6.20. The number of H-pyrrole nitrogens is 1. The van der Waals surface area contributed by atoms with Crippen molar-refractivity contribution in [3.63, 3.8) is 0 Å². The summed E-state index contributed by atoms with van der Waals surface area (Å²) < 4.78 is 2.20. The molecule has 2 aromatic rings. The summed E-state index contributed by atoms with van der Waals surface area (Å²) in [5.41, 5.74) is -0.253. The summed E-state index contributed by atoms with van der Waals surface area (Å²) in [6.45, 7) is 2.91. The lowest BCUT2D eigenvalue weighted by molar-refractivity contribution is 0.764. The Morgan fingerprint density at radius 2 is 2.32 bits per heavy atom. The zero-order chi connectivity index (χ0) is 13.8. The minimum atomic E-state index is -0.253. The summed E-state index contributed by atoms with van der Waals surface area (Å²) >= 11 is 4.76. The van der Waals surface area contributed by atoms with Gasteiger partial charge in [0.1, 0.15) is 17.2 Å². The molecule has 0 aliphatic heterocycles. The Balaban J connectivity index is 2.25. The zero-order valence-electron chi connectivity index (χ0n) is 10.5. The molecule has 2 heterocycles. The smallest absolute Gasteiger partial charge is 0.343 e. The lowest BCUT2D eigenvalue weighted by Gasteiger charge is -2.08. The van der Waals surface area contributed by atoms with E-state index in [1.165, 1.54) is 22.7 Å². The molecule has 2 N–H and O–H groups in total. The van der Waals surface area contributed by atoms with Crippen molar-refractivity contribution in [2.24, 2.45) is 7.05 Å². The fourth-order valence-corrected chi connectivity index (χ4v) is 2.66. The Morgan fingerprint density at radius 3 is 2.95 bits per heavy atom. The van der Waals surface area contributed by atoms with Crippen molar-refractivity contribution in [3.05, 3.63) is 21.3 Å². The first kappa shape index (κ1) is 14.1. The quantitative estimate of drug-likeness (QED) is 0.801. The molecule has 0 aromatic carbocycles. The summed E-state index contributed by atoms with van der Waals surface area (Å²) in [6, 6.07) is 0. The van der Waals surface area contributed by atoms with Gasteiger partial charge in [-0.25, -0.2) is 19.9 Å². The van der Waals surface area contributed by atoms with Crippen molar-refractivity contribution in [2.45, 2.75) is 23.5 Å². The molecule has 102 valence electrons. The molecule has 0 aliphatic rings. The van der Waals surface area contributed by atoms with Crippen LogP contribution in [-0.2, 0) is 7.05 Å². The number of nitrogens with one attached hydrogen (secondary N) is 2. The van der Waals surface area contributed by atoms with Crippen LogP contribution in [0, 0.1) is 0 Å². The monoisotopic (exact) mass is 344 g/mol. The lowest BCUT2D eigenvalue weighted by Crippen LogP contribution is -2.12. The van der Waals surface area contributed by atoms with Crippen molar-refractivity contribution >= 4 is 33.5 Å². The van der Waals surface area contributed by atoms with E-state index in [4.69, 9.17) is 0 Å². The molecule has 0 radical (unpaired) electrons. The summed E-state index contributed by atoms with van der Waals surface area (Å²) in [6.07, 6.45) is 2.49. The highest BCUT2D eigenvalue weighted by Crippen LogP contribution is 2.33. The third-order valence-electron chi connectivity index (χ3n) is 2.33. The van der Waals surface area contributed by atoms with Crippen molar-refractivity contribution in [3.8, 4) is 0 Å². The summed E-state index contributed by atoms with van der Waals surface area (Å²) in [5, 5.41) is 10.8. The number of rotatable bonds is 5. The van der Waals surface area contributed by atoms with Crippen molar-refractivity contribution in [2.75, 3.05) is 11.9 Å².